The molecule has 0 saturated carbocycles. The monoisotopic (exact) mass is 575 g/mol. The van der Waals surface area contributed by atoms with Gasteiger partial charge in [0.05, 0.1) is 37.7 Å². The summed E-state index contributed by atoms with van der Waals surface area (Å²) in [6.07, 6.45) is -0.00347. The number of hydrogen-bond acceptors (Lipinski definition) is 8. The van der Waals surface area contributed by atoms with Crippen molar-refractivity contribution < 1.29 is 37.3 Å². The van der Waals surface area contributed by atoms with Gasteiger partial charge in [0.2, 0.25) is 10.0 Å². The van der Waals surface area contributed by atoms with Gasteiger partial charge in [0, 0.05) is 31.3 Å². The Labute approximate surface area is 237 Å². The number of carbonyl (C=O) groups excluding carboxylic acids is 1. The van der Waals surface area contributed by atoms with E-state index in [9.17, 15) is 18.3 Å². The van der Waals surface area contributed by atoms with E-state index >= 15 is 0 Å². The van der Waals surface area contributed by atoms with Gasteiger partial charge >= 0.3 is 5.97 Å². The van der Waals surface area contributed by atoms with Gasteiger partial charge in [-0.1, -0.05) is 44.2 Å². The van der Waals surface area contributed by atoms with E-state index in [1.807, 2.05) is 44.2 Å². The third-order valence-corrected chi connectivity index (χ3v) is 9.34. The highest BCUT2D eigenvalue weighted by Crippen LogP contribution is 2.33. The molecule has 0 spiro atoms. The molecule has 2 saturated heterocycles. The minimum atomic E-state index is -3.91. The average Bonchev–Trinajstić information content (AvgIpc) is 3.43. The Morgan fingerprint density at radius 1 is 1.02 bits per heavy atom. The molecule has 2 aliphatic rings. The van der Waals surface area contributed by atoms with Gasteiger partial charge in [0.25, 0.3) is 0 Å². The number of esters is 1. The van der Waals surface area contributed by atoms with E-state index in [2.05, 4.69) is 0 Å². The molecular formula is C30H41NO8S. The van der Waals surface area contributed by atoms with Crippen LogP contribution in [0.3, 0.4) is 0 Å². The molecule has 4 rings (SSSR count). The van der Waals surface area contributed by atoms with E-state index in [1.165, 1.54) is 23.5 Å². The second-order valence-corrected chi connectivity index (χ2v) is 12.9. The minimum absolute atomic E-state index is 0.00590. The summed E-state index contributed by atoms with van der Waals surface area (Å²) in [6, 6.07) is 15.8. The van der Waals surface area contributed by atoms with Crippen molar-refractivity contribution in [1.29, 1.82) is 0 Å². The van der Waals surface area contributed by atoms with Crippen LogP contribution in [0.1, 0.15) is 38.7 Å². The molecule has 1 unspecified atom stereocenters. The lowest BCUT2D eigenvalue weighted by molar-refractivity contribution is -0.195. The number of nitrogens with zero attached hydrogens (tertiary/aromatic N) is 1. The highest BCUT2D eigenvalue weighted by Gasteiger charge is 2.41. The van der Waals surface area contributed by atoms with Gasteiger partial charge in [0.15, 0.2) is 6.29 Å². The molecule has 40 heavy (non-hydrogen) atoms. The zero-order valence-corrected chi connectivity index (χ0v) is 24.3. The maximum atomic E-state index is 13.6. The Bertz CT molecular complexity index is 1190. The lowest BCUT2D eigenvalue weighted by Gasteiger charge is -2.33. The van der Waals surface area contributed by atoms with Gasteiger partial charge < -0.3 is 24.1 Å². The highest BCUT2D eigenvalue weighted by atomic mass is 32.2. The lowest BCUT2D eigenvalue weighted by Crippen LogP contribution is -2.43. The van der Waals surface area contributed by atoms with Crippen LogP contribution < -0.4 is 4.74 Å². The zero-order valence-electron chi connectivity index (χ0n) is 23.5. The normalized spacial score (nSPS) is 22.6. The van der Waals surface area contributed by atoms with Crippen LogP contribution in [0.15, 0.2) is 59.5 Å². The Balaban J connectivity index is 1.51. The lowest BCUT2D eigenvalue weighted by atomic mass is 9.90. The Kier molecular flexibility index (Phi) is 10.6. The van der Waals surface area contributed by atoms with E-state index in [0.717, 1.165) is 12.0 Å². The first-order valence-corrected chi connectivity index (χ1v) is 15.4. The predicted molar refractivity (Wildman–Crippen MR) is 149 cm³/mol. The van der Waals surface area contributed by atoms with Gasteiger partial charge in [0.1, 0.15) is 11.9 Å². The number of rotatable bonds is 13. The van der Waals surface area contributed by atoms with Crippen molar-refractivity contribution in [1.82, 2.24) is 4.31 Å². The molecule has 9 nitrogen and oxygen atoms in total. The Hall–Kier alpha value is -2.50. The molecule has 0 aliphatic carbocycles. The summed E-state index contributed by atoms with van der Waals surface area (Å²) in [6.45, 7) is 4.97. The minimum Gasteiger partial charge on any atom is -0.497 e. The molecule has 5 atom stereocenters. The molecule has 0 amide bonds. The van der Waals surface area contributed by atoms with Crippen molar-refractivity contribution in [3.63, 3.8) is 0 Å². The van der Waals surface area contributed by atoms with Crippen molar-refractivity contribution in [3.8, 4) is 5.75 Å². The quantitative estimate of drug-likeness (QED) is 0.361. The highest BCUT2D eigenvalue weighted by molar-refractivity contribution is 7.89. The fourth-order valence-corrected chi connectivity index (χ4v) is 7.02. The summed E-state index contributed by atoms with van der Waals surface area (Å²) in [5.74, 6) is -0.382. The molecular weight excluding hydrogens is 534 g/mol. The van der Waals surface area contributed by atoms with Gasteiger partial charge in [-0.05, 0) is 48.6 Å². The van der Waals surface area contributed by atoms with Crippen molar-refractivity contribution in [2.24, 2.45) is 17.8 Å². The number of carbonyl (C=O) groups is 1. The summed E-state index contributed by atoms with van der Waals surface area (Å²) in [5.41, 5.74) is 0.947. The van der Waals surface area contributed by atoms with Crippen LogP contribution >= 0.6 is 0 Å². The largest absolute Gasteiger partial charge is 0.497 e. The first-order valence-electron chi connectivity index (χ1n) is 14.0. The fourth-order valence-electron chi connectivity index (χ4n) is 5.40. The number of methoxy groups -OCH3 is 1. The molecule has 0 radical (unpaired) electrons. The van der Waals surface area contributed by atoms with Crippen molar-refractivity contribution in [3.05, 3.63) is 60.2 Å². The van der Waals surface area contributed by atoms with Gasteiger partial charge in [-0.2, -0.15) is 4.31 Å². The molecule has 0 bridgehead atoms. The second kappa shape index (κ2) is 13.9. The SMILES string of the molecule is COc1ccc(S(=O)(=O)N(CC(C)C)C[C@@H](O)[C@@H](CC(=O)OC2CCO[C@H]3OCC[C@@H]23)Cc2ccccc2)cc1. The third-order valence-electron chi connectivity index (χ3n) is 7.50. The Morgan fingerprint density at radius 2 is 1.70 bits per heavy atom. The molecule has 220 valence electrons. The molecule has 2 fully saturated rings. The van der Waals surface area contributed by atoms with Crippen LogP contribution in [-0.2, 0) is 35.4 Å². The first kappa shape index (κ1) is 30.5. The maximum Gasteiger partial charge on any atom is 0.306 e. The molecule has 2 aromatic rings. The first-order chi connectivity index (χ1) is 19.2. The third kappa shape index (κ3) is 7.82. The fraction of sp³-hybridized carbons (Fsp3) is 0.567. The number of hydrogen-bond donors (Lipinski definition) is 1. The summed E-state index contributed by atoms with van der Waals surface area (Å²) in [7, 11) is -2.39. The molecule has 2 heterocycles. The summed E-state index contributed by atoms with van der Waals surface area (Å²) in [4.78, 5) is 13.3. The van der Waals surface area contributed by atoms with E-state index < -0.39 is 28.0 Å². The van der Waals surface area contributed by atoms with Crippen LogP contribution in [0, 0.1) is 17.8 Å². The van der Waals surface area contributed by atoms with E-state index in [0.29, 0.717) is 31.8 Å². The smallest absolute Gasteiger partial charge is 0.306 e. The van der Waals surface area contributed by atoms with Gasteiger partial charge in [-0.25, -0.2) is 8.42 Å². The number of aliphatic hydroxyl groups excluding tert-OH is 1. The van der Waals surface area contributed by atoms with Crippen LogP contribution in [0.2, 0.25) is 0 Å². The van der Waals surface area contributed by atoms with Crippen molar-refractivity contribution in [2.75, 3.05) is 33.4 Å². The molecule has 1 N–H and O–H groups in total. The number of fused-ring (bicyclic) bond motifs is 1. The summed E-state index contributed by atoms with van der Waals surface area (Å²) in [5, 5.41) is 11.5. The van der Waals surface area contributed by atoms with Crippen molar-refractivity contribution >= 4 is 16.0 Å². The second-order valence-electron chi connectivity index (χ2n) is 11.0. The van der Waals surface area contributed by atoms with E-state index in [-0.39, 0.29) is 48.6 Å². The number of benzene rings is 2. The molecule has 10 heteroatoms. The summed E-state index contributed by atoms with van der Waals surface area (Å²) < 4.78 is 50.9. The van der Waals surface area contributed by atoms with Crippen LogP contribution in [-0.4, -0.2) is 75.7 Å². The van der Waals surface area contributed by atoms with Gasteiger partial charge in [-0.3, -0.25) is 4.79 Å². The van der Waals surface area contributed by atoms with Crippen LogP contribution in [0.4, 0.5) is 0 Å². The number of ether oxygens (including phenoxy) is 4. The number of sulfonamides is 1. The number of aliphatic hydroxyl groups is 1. The summed E-state index contributed by atoms with van der Waals surface area (Å²) >= 11 is 0. The van der Waals surface area contributed by atoms with Gasteiger partial charge in [-0.15, -0.1) is 0 Å². The van der Waals surface area contributed by atoms with Crippen LogP contribution in [0.25, 0.3) is 0 Å². The zero-order chi connectivity index (χ0) is 28.7. The molecule has 0 aromatic heterocycles. The maximum absolute atomic E-state index is 13.6. The topological polar surface area (TPSA) is 112 Å². The van der Waals surface area contributed by atoms with E-state index in [1.54, 1.807) is 12.1 Å². The predicted octanol–water partition coefficient (Wildman–Crippen LogP) is 3.65. The van der Waals surface area contributed by atoms with Crippen molar-refractivity contribution in [2.45, 2.75) is 62.9 Å². The van der Waals surface area contributed by atoms with E-state index in [4.69, 9.17) is 18.9 Å². The molecule has 2 aromatic carbocycles. The molecule has 2 aliphatic heterocycles. The Morgan fingerprint density at radius 3 is 2.35 bits per heavy atom. The standard InChI is InChI=1S/C30H41NO8S/c1-21(2)19-31(40(34,35)25-11-9-24(36-3)10-12-25)20-27(32)23(17-22-7-5-4-6-8-22)18-29(33)39-28-14-16-38-30-26(28)13-15-37-30/h4-12,21,23,26-28,30,32H,13-20H2,1-3H3/t23-,26+,27-,28?,30-/m1/s1. The average molecular weight is 576 g/mol. The van der Waals surface area contributed by atoms with Crippen LogP contribution in [0.5, 0.6) is 5.75 Å².